The number of nitrogens with zero attached hydrogens (tertiary/aromatic N) is 2. The SMILES string of the molecule is CCOc1ccccc1N1C(=O)C(Cl)=C(Nc2ccc(S(=O)(=O)Nc3onc(C)c3C)cc2)C1=O. The van der Waals surface area contributed by atoms with E-state index in [4.69, 9.17) is 20.9 Å². The Morgan fingerprint density at radius 1 is 1.06 bits per heavy atom. The summed E-state index contributed by atoms with van der Waals surface area (Å²) in [6, 6.07) is 12.2. The number of para-hydroxylation sites is 2. The summed E-state index contributed by atoms with van der Waals surface area (Å²) < 4.78 is 38.3. The normalized spacial score (nSPS) is 14.0. The zero-order chi connectivity index (χ0) is 25.3. The number of anilines is 3. The van der Waals surface area contributed by atoms with E-state index in [1.54, 1.807) is 45.0 Å². The number of aryl methyl sites for hydroxylation is 1. The number of carbonyl (C=O) groups excluding carboxylic acids is 2. The molecule has 182 valence electrons. The van der Waals surface area contributed by atoms with Crippen LogP contribution in [0.3, 0.4) is 0 Å². The minimum absolute atomic E-state index is 0.0316. The number of nitrogens with one attached hydrogen (secondary N) is 2. The van der Waals surface area contributed by atoms with Crippen molar-refractivity contribution < 1.29 is 27.3 Å². The fraction of sp³-hybridized carbons (Fsp3) is 0.174. The van der Waals surface area contributed by atoms with E-state index in [0.717, 1.165) is 4.90 Å². The molecule has 2 N–H and O–H groups in total. The Labute approximate surface area is 206 Å². The lowest BCUT2D eigenvalue weighted by molar-refractivity contribution is -0.120. The molecule has 0 aliphatic carbocycles. The second-order valence-electron chi connectivity index (χ2n) is 7.51. The lowest BCUT2D eigenvalue weighted by atomic mass is 10.2. The number of imide groups is 1. The molecule has 0 unspecified atom stereocenters. The monoisotopic (exact) mass is 516 g/mol. The molecule has 0 radical (unpaired) electrons. The van der Waals surface area contributed by atoms with E-state index in [2.05, 4.69) is 15.2 Å². The van der Waals surface area contributed by atoms with Gasteiger partial charge in [-0.3, -0.25) is 9.59 Å². The quantitative estimate of drug-likeness (QED) is 0.431. The molecule has 0 saturated carbocycles. The summed E-state index contributed by atoms with van der Waals surface area (Å²) in [7, 11) is -3.94. The number of hydrogen-bond acceptors (Lipinski definition) is 8. The summed E-state index contributed by atoms with van der Waals surface area (Å²) >= 11 is 6.20. The van der Waals surface area contributed by atoms with Gasteiger partial charge in [-0.2, -0.15) is 0 Å². The largest absolute Gasteiger partial charge is 0.492 e. The van der Waals surface area contributed by atoms with Crippen LogP contribution in [0.15, 0.2) is 68.7 Å². The Hall–Kier alpha value is -3.83. The van der Waals surface area contributed by atoms with Crippen molar-refractivity contribution in [2.75, 3.05) is 21.5 Å². The van der Waals surface area contributed by atoms with Crippen molar-refractivity contribution >= 4 is 50.7 Å². The van der Waals surface area contributed by atoms with E-state index in [1.165, 1.54) is 24.3 Å². The first-order chi connectivity index (χ1) is 16.6. The topological polar surface area (TPSA) is 131 Å². The summed E-state index contributed by atoms with van der Waals surface area (Å²) in [5.41, 5.74) is 1.63. The minimum atomic E-state index is -3.94. The molecule has 35 heavy (non-hydrogen) atoms. The Kier molecular flexibility index (Phi) is 6.55. The van der Waals surface area contributed by atoms with Gasteiger partial charge in [0.25, 0.3) is 21.8 Å². The number of rotatable bonds is 8. The van der Waals surface area contributed by atoms with Crippen molar-refractivity contribution in [1.29, 1.82) is 0 Å². The van der Waals surface area contributed by atoms with Crippen molar-refractivity contribution in [3.63, 3.8) is 0 Å². The predicted molar refractivity (Wildman–Crippen MR) is 130 cm³/mol. The van der Waals surface area contributed by atoms with E-state index in [-0.39, 0.29) is 27.2 Å². The van der Waals surface area contributed by atoms with Gasteiger partial charge >= 0.3 is 0 Å². The Morgan fingerprint density at radius 2 is 1.74 bits per heavy atom. The second-order valence-corrected chi connectivity index (χ2v) is 9.57. The van der Waals surface area contributed by atoms with Crippen LogP contribution < -0.4 is 19.7 Å². The number of hydrogen-bond donors (Lipinski definition) is 2. The highest BCUT2D eigenvalue weighted by atomic mass is 35.5. The lowest BCUT2D eigenvalue weighted by Gasteiger charge is -2.18. The van der Waals surface area contributed by atoms with Crippen molar-refractivity contribution in [3.05, 3.63) is 70.5 Å². The Balaban J connectivity index is 1.54. The molecule has 1 aromatic heterocycles. The highest BCUT2D eigenvalue weighted by Gasteiger charge is 2.40. The zero-order valence-electron chi connectivity index (χ0n) is 19.0. The van der Waals surface area contributed by atoms with Crippen LogP contribution in [-0.2, 0) is 19.6 Å². The third kappa shape index (κ3) is 4.60. The maximum absolute atomic E-state index is 13.1. The molecule has 0 atom stereocenters. The molecule has 0 saturated heterocycles. The third-order valence-electron chi connectivity index (χ3n) is 5.25. The molecule has 0 fully saturated rings. The first-order valence-corrected chi connectivity index (χ1v) is 12.3. The molecular formula is C23H21ClN4O6S. The van der Waals surface area contributed by atoms with Crippen molar-refractivity contribution in [1.82, 2.24) is 5.16 Å². The molecule has 1 aliphatic heterocycles. The number of sulfonamides is 1. The van der Waals surface area contributed by atoms with Crippen LogP contribution >= 0.6 is 11.6 Å². The molecule has 0 spiro atoms. The van der Waals surface area contributed by atoms with Gasteiger partial charge in [0.1, 0.15) is 16.5 Å². The minimum Gasteiger partial charge on any atom is -0.492 e. The van der Waals surface area contributed by atoms with Gasteiger partial charge in [-0.1, -0.05) is 28.9 Å². The third-order valence-corrected chi connectivity index (χ3v) is 6.95. The van der Waals surface area contributed by atoms with Crippen LogP contribution in [0.4, 0.5) is 17.3 Å². The number of ether oxygens (including phenoxy) is 1. The molecule has 2 aromatic carbocycles. The Morgan fingerprint density at radius 3 is 2.37 bits per heavy atom. The van der Waals surface area contributed by atoms with Crippen LogP contribution in [0.1, 0.15) is 18.2 Å². The average Bonchev–Trinajstić information content (AvgIpc) is 3.25. The van der Waals surface area contributed by atoms with E-state index in [1.807, 2.05) is 0 Å². The van der Waals surface area contributed by atoms with Crippen LogP contribution in [0, 0.1) is 13.8 Å². The van der Waals surface area contributed by atoms with Crippen LogP contribution in [-0.4, -0.2) is 32.0 Å². The van der Waals surface area contributed by atoms with Crippen molar-refractivity contribution in [2.24, 2.45) is 0 Å². The average molecular weight is 517 g/mol. The maximum atomic E-state index is 13.1. The summed E-state index contributed by atoms with van der Waals surface area (Å²) in [6.07, 6.45) is 0. The number of aromatic nitrogens is 1. The van der Waals surface area contributed by atoms with Gasteiger partial charge < -0.3 is 14.6 Å². The standard InChI is InChI=1S/C23H21ClN4O6S/c1-4-33-18-8-6-5-7-17(18)28-22(29)19(24)20(23(28)30)25-15-9-11-16(12-10-15)35(31,32)27-21-13(2)14(3)26-34-21/h5-12,25,27H,4H2,1-3H3. The number of carbonyl (C=O) groups is 2. The number of halogens is 1. The van der Waals surface area contributed by atoms with Gasteiger partial charge in [0, 0.05) is 11.3 Å². The van der Waals surface area contributed by atoms with E-state index >= 15 is 0 Å². The summed E-state index contributed by atoms with van der Waals surface area (Å²) in [6.45, 7) is 5.52. The zero-order valence-corrected chi connectivity index (χ0v) is 20.5. The number of amides is 2. The molecule has 4 rings (SSSR count). The van der Waals surface area contributed by atoms with Crippen LogP contribution in [0.25, 0.3) is 0 Å². The predicted octanol–water partition coefficient (Wildman–Crippen LogP) is 3.93. The molecule has 3 aromatic rings. The highest BCUT2D eigenvalue weighted by molar-refractivity contribution is 7.92. The second kappa shape index (κ2) is 9.43. The Bertz CT molecular complexity index is 1450. The van der Waals surface area contributed by atoms with Crippen molar-refractivity contribution in [3.8, 4) is 5.75 Å². The van der Waals surface area contributed by atoms with Gasteiger partial charge in [-0.25, -0.2) is 18.0 Å². The first-order valence-electron chi connectivity index (χ1n) is 10.5. The molecule has 2 amide bonds. The maximum Gasteiger partial charge on any atom is 0.283 e. The molecular weight excluding hydrogens is 496 g/mol. The van der Waals surface area contributed by atoms with E-state index in [0.29, 0.717) is 29.3 Å². The van der Waals surface area contributed by atoms with Gasteiger partial charge in [0.15, 0.2) is 0 Å². The van der Waals surface area contributed by atoms with Gasteiger partial charge in [-0.05, 0) is 57.2 Å². The van der Waals surface area contributed by atoms with E-state index in [9.17, 15) is 18.0 Å². The van der Waals surface area contributed by atoms with Gasteiger partial charge in [0.05, 0.1) is 22.9 Å². The van der Waals surface area contributed by atoms with Gasteiger partial charge in [-0.15, -0.1) is 0 Å². The molecule has 2 heterocycles. The molecule has 12 heteroatoms. The fourth-order valence-corrected chi connectivity index (χ4v) is 4.56. The lowest BCUT2D eigenvalue weighted by Crippen LogP contribution is -2.32. The summed E-state index contributed by atoms with van der Waals surface area (Å²) in [4.78, 5) is 26.7. The fourth-order valence-electron chi connectivity index (χ4n) is 3.30. The van der Waals surface area contributed by atoms with Crippen LogP contribution in [0.2, 0.25) is 0 Å². The summed E-state index contributed by atoms with van der Waals surface area (Å²) in [5, 5.41) is 6.25. The summed E-state index contributed by atoms with van der Waals surface area (Å²) in [5.74, 6) is -0.972. The van der Waals surface area contributed by atoms with Crippen LogP contribution in [0.5, 0.6) is 5.75 Å². The van der Waals surface area contributed by atoms with Gasteiger partial charge in [0.2, 0.25) is 5.88 Å². The first kappa shape index (κ1) is 24.3. The highest BCUT2D eigenvalue weighted by Crippen LogP contribution is 2.35. The molecule has 10 nitrogen and oxygen atoms in total. The molecule has 1 aliphatic rings. The molecule has 0 bridgehead atoms. The van der Waals surface area contributed by atoms with E-state index < -0.39 is 21.8 Å². The number of benzene rings is 2. The van der Waals surface area contributed by atoms with Crippen molar-refractivity contribution in [2.45, 2.75) is 25.7 Å². The smallest absolute Gasteiger partial charge is 0.283 e.